The highest BCUT2D eigenvalue weighted by atomic mass is 16.3. The first-order valence-corrected chi connectivity index (χ1v) is 5.87. The van der Waals surface area contributed by atoms with Crippen LogP contribution in [0.2, 0.25) is 0 Å². The van der Waals surface area contributed by atoms with Gasteiger partial charge in [-0.3, -0.25) is 0 Å². The number of aliphatic hydroxyl groups is 1. The van der Waals surface area contributed by atoms with Gasteiger partial charge in [0.1, 0.15) is 0 Å². The molecule has 1 rings (SSSR count). The van der Waals surface area contributed by atoms with E-state index in [-0.39, 0.29) is 6.10 Å². The monoisotopic (exact) mass is 222 g/mol. The Morgan fingerprint density at radius 3 is 2.69 bits per heavy atom. The van der Waals surface area contributed by atoms with Crippen LogP contribution in [-0.4, -0.2) is 31.3 Å². The lowest BCUT2D eigenvalue weighted by Crippen LogP contribution is -2.33. The Balaban J connectivity index is 2.31. The molecule has 0 bridgehead atoms. The number of nitrogens with one attached hydrogen (secondary N) is 2. The smallest absolute Gasteiger partial charge is 0.0788 e. The second kappa shape index (κ2) is 7.39. The highest BCUT2D eigenvalue weighted by molar-refractivity contribution is 5.23. The summed E-state index contributed by atoms with van der Waals surface area (Å²) in [4.78, 5) is 0. The maximum atomic E-state index is 9.50. The van der Waals surface area contributed by atoms with Crippen LogP contribution in [0, 0.1) is 0 Å². The third-order valence-electron chi connectivity index (χ3n) is 2.55. The van der Waals surface area contributed by atoms with Crippen molar-refractivity contribution < 1.29 is 5.11 Å². The molecule has 16 heavy (non-hydrogen) atoms. The third-order valence-corrected chi connectivity index (χ3v) is 2.55. The molecule has 90 valence electrons. The van der Waals surface area contributed by atoms with Crippen molar-refractivity contribution in [2.45, 2.75) is 26.0 Å². The number of aryl methyl sites for hydroxylation is 1. The number of hydrogen-bond donors (Lipinski definition) is 3. The second-order valence-corrected chi connectivity index (χ2v) is 4.02. The SMILES string of the molecule is CCc1cccc(CNC[C@@H](O)CNC)c1. The van der Waals surface area contributed by atoms with Crippen molar-refractivity contribution in [2.75, 3.05) is 20.1 Å². The minimum absolute atomic E-state index is 0.320. The fourth-order valence-corrected chi connectivity index (χ4v) is 1.65. The van der Waals surface area contributed by atoms with Crippen LogP contribution < -0.4 is 10.6 Å². The van der Waals surface area contributed by atoms with E-state index < -0.39 is 0 Å². The molecule has 0 saturated carbocycles. The van der Waals surface area contributed by atoms with Crippen LogP contribution in [0.3, 0.4) is 0 Å². The van der Waals surface area contributed by atoms with Gasteiger partial charge < -0.3 is 15.7 Å². The molecule has 0 radical (unpaired) electrons. The van der Waals surface area contributed by atoms with Crippen molar-refractivity contribution in [3.05, 3.63) is 35.4 Å². The molecule has 1 atom stereocenters. The third kappa shape index (κ3) is 4.75. The molecule has 0 aliphatic heterocycles. The fraction of sp³-hybridized carbons (Fsp3) is 0.538. The average Bonchev–Trinajstić information content (AvgIpc) is 2.30. The molecule has 0 heterocycles. The molecule has 1 aromatic carbocycles. The maximum absolute atomic E-state index is 9.50. The van der Waals surface area contributed by atoms with E-state index in [1.165, 1.54) is 11.1 Å². The molecular formula is C13H22N2O. The normalized spacial score (nSPS) is 12.7. The van der Waals surface area contributed by atoms with Crippen LogP contribution in [0.1, 0.15) is 18.1 Å². The number of hydrogen-bond acceptors (Lipinski definition) is 3. The molecule has 1 aromatic rings. The van der Waals surface area contributed by atoms with E-state index in [1.54, 1.807) is 0 Å². The molecule has 0 aromatic heterocycles. The molecule has 0 aliphatic carbocycles. The van der Waals surface area contributed by atoms with Crippen LogP contribution >= 0.6 is 0 Å². The molecule has 0 unspecified atom stereocenters. The summed E-state index contributed by atoms with van der Waals surface area (Å²) >= 11 is 0. The van der Waals surface area contributed by atoms with Crippen molar-refractivity contribution in [3.8, 4) is 0 Å². The van der Waals surface area contributed by atoms with Gasteiger partial charge in [-0.15, -0.1) is 0 Å². The van der Waals surface area contributed by atoms with Gasteiger partial charge >= 0.3 is 0 Å². The van der Waals surface area contributed by atoms with E-state index in [0.717, 1.165) is 13.0 Å². The van der Waals surface area contributed by atoms with Crippen LogP contribution in [-0.2, 0) is 13.0 Å². The fourth-order valence-electron chi connectivity index (χ4n) is 1.65. The van der Waals surface area contributed by atoms with Gasteiger partial charge in [0, 0.05) is 19.6 Å². The van der Waals surface area contributed by atoms with Gasteiger partial charge in [-0.05, 0) is 24.6 Å². The van der Waals surface area contributed by atoms with Gasteiger partial charge in [-0.1, -0.05) is 31.2 Å². The molecule has 3 N–H and O–H groups in total. The van der Waals surface area contributed by atoms with Gasteiger partial charge in [-0.2, -0.15) is 0 Å². The summed E-state index contributed by atoms with van der Waals surface area (Å²) in [5, 5.41) is 15.7. The molecule has 0 amide bonds. The van der Waals surface area contributed by atoms with Crippen molar-refractivity contribution in [2.24, 2.45) is 0 Å². The molecule has 0 spiro atoms. The Hall–Kier alpha value is -0.900. The van der Waals surface area contributed by atoms with E-state index in [0.29, 0.717) is 13.1 Å². The molecule has 0 fully saturated rings. The Morgan fingerprint density at radius 1 is 1.25 bits per heavy atom. The predicted octanol–water partition coefficient (Wildman–Crippen LogP) is 0.919. The van der Waals surface area contributed by atoms with E-state index in [2.05, 4.69) is 41.8 Å². The van der Waals surface area contributed by atoms with Crippen LogP contribution in [0.15, 0.2) is 24.3 Å². The van der Waals surface area contributed by atoms with Crippen molar-refractivity contribution >= 4 is 0 Å². The Kier molecular flexibility index (Phi) is 6.08. The first-order valence-electron chi connectivity index (χ1n) is 5.87. The van der Waals surface area contributed by atoms with Gasteiger partial charge in [0.2, 0.25) is 0 Å². The zero-order chi connectivity index (χ0) is 11.8. The molecular weight excluding hydrogens is 200 g/mol. The number of likely N-dealkylation sites (N-methyl/N-ethyl adjacent to an activating group) is 1. The lowest BCUT2D eigenvalue weighted by molar-refractivity contribution is 0.171. The predicted molar refractivity (Wildman–Crippen MR) is 67.5 cm³/mol. The maximum Gasteiger partial charge on any atom is 0.0788 e. The van der Waals surface area contributed by atoms with Crippen LogP contribution in [0.5, 0.6) is 0 Å². The number of aliphatic hydroxyl groups excluding tert-OH is 1. The summed E-state index contributed by atoms with van der Waals surface area (Å²) in [6, 6.07) is 8.54. The molecule has 0 aliphatic rings. The summed E-state index contributed by atoms with van der Waals surface area (Å²) in [5.74, 6) is 0. The molecule has 3 heteroatoms. The highest BCUT2D eigenvalue weighted by Crippen LogP contribution is 2.05. The topological polar surface area (TPSA) is 44.3 Å². The van der Waals surface area contributed by atoms with E-state index in [1.807, 2.05) is 7.05 Å². The summed E-state index contributed by atoms with van der Waals surface area (Å²) < 4.78 is 0. The van der Waals surface area contributed by atoms with Crippen molar-refractivity contribution in [1.29, 1.82) is 0 Å². The number of rotatable bonds is 7. The second-order valence-electron chi connectivity index (χ2n) is 4.02. The van der Waals surface area contributed by atoms with E-state index >= 15 is 0 Å². The van der Waals surface area contributed by atoms with Crippen LogP contribution in [0.25, 0.3) is 0 Å². The van der Waals surface area contributed by atoms with Crippen LogP contribution in [0.4, 0.5) is 0 Å². The summed E-state index contributed by atoms with van der Waals surface area (Å²) in [6.45, 7) is 4.22. The molecule has 3 nitrogen and oxygen atoms in total. The van der Waals surface area contributed by atoms with Crippen molar-refractivity contribution in [1.82, 2.24) is 10.6 Å². The summed E-state index contributed by atoms with van der Waals surface area (Å²) in [7, 11) is 1.84. The quantitative estimate of drug-likeness (QED) is 0.643. The van der Waals surface area contributed by atoms with E-state index in [9.17, 15) is 5.11 Å². The minimum Gasteiger partial charge on any atom is -0.390 e. The standard InChI is InChI=1S/C13H22N2O/c1-3-11-5-4-6-12(7-11)8-15-10-13(16)9-14-2/h4-7,13-16H,3,8-10H2,1-2H3/t13-/m0/s1. The minimum atomic E-state index is -0.320. The first-order chi connectivity index (χ1) is 7.76. The summed E-state index contributed by atoms with van der Waals surface area (Å²) in [5.41, 5.74) is 2.63. The first kappa shape index (κ1) is 13.2. The highest BCUT2D eigenvalue weighted by Gasteiger charge is 2.01. The largest absolute Gasteiger partial charge is 0.390 e. The Morgan fingerprint density at radius 2 is 2.00 bits per heavy atom. The van der Waals surface area contributed by atoms with Crippen molar-refractivity contribution in [3.63, 3.8) is 0 Å². The zero-order valence-electron chi connectivity index (χ0n) is 10.2. The summed E-state index contributed by atoms with van der Waals surface area (Å²) in [6.07, 6.45) is 0.746. The Bertz CT molecular complexity index is 302. The average molecular weight is 222 g/mol. The lowest BCUT2D eigenvalue weighted by atomic mass is 10.1. The lowest BCUT2D eigenvalue weighted by Gasteiger charge is -2.11. The van der Waals surface area contributed by atoms with Gasteiger partial charge in [0.05, 0.1) is 6.10 Å². The van der Waals surface area contributed by atoms with Gasteiger partial charge in [-0.25, -0.2) is 0 Å². The van der Waals surface area contributed by atoms with Gasteiger partial charge in [0.25, 0.3) is 0 Å². The van der Waals surface area contributed by atoms with E-state index in [4.69, 9.17) is 0 Å². The molecule has 0 saturated heterocycles. The number of benzene rings is 1. The van der Waals surface area contributed by atoms with Gasteiger partial charge in [0.15, 0.2) is 0 Å². The zero-order valence-corrected chi connectivity index (χ0v) is 10.2. The Labute approximate surface area is 97.9 Å².